The molecule has 1 fully saturated rings. The molecule has 1 heterocycles. The molecule has 0 unspecified atom stereocenters. The number of aromatic nitrogens is 2. The molecular formula is C16H28N4. The normalized spacial score (nSPS) is 22.6. The fraction of sp³-hybridized carbons (Fsp3) is 0.750. The van der Waals surface area contributed by atoms with Crippen LogP contribution in [0.5, 0.6) is 0 Å². The minimum atomic E-state index is 0.624. The second-order valence-electron chi connectivity index (χ2n) is 6.12. The van der Waals surface area contributed by atoms with Crippen molar-refractivity contribution in [3.05, 3.63) is 11.9 Å². The molecule has 20 heavy (non-hydrogen) atoms. The minimum absolute atomic E-state index is 0.624. The molecule has 4 nitrogen and oxygen atoms in total. The van der Waals surface area contributed by atoms with Crippen molar-refractivity contribution in [3.63, 3.8) is 0 Å². The zero-order chi connectivity index (χ0) is 14.5. The van der Waals surface area contributed by atoms with E-state index in [1.165, 1.54) is 31.2 Å². The lowest BCUT2D eigenvalue weighted by Gasteiger charge is -2.35. The lowest BCUT2D eigenvalue weighted by Crippen LogP contribution is -2.36. The molecule has 4 heteroatoms. The molecule has 0 atom stereocenters. The van der Waals surface area contributed by atoms with Gasteiger partial charge in [-0.05, 0) is 44.9 Å². The van der Waals surface area contributed by atoms with Crippen LogP contribution in [0.4, 0.5) is 11.6 Å². The molecule has 1 aromatic rings. The number of hydrogen-bond donors (Lipinski definition) is 1. The third kappa shape index (κ3) is 3.41. The zero-order valence-corrected chi connectivity index (χ0v) is 13.3. The molecule has 112 valence electrons. The van der Waals surface area contributed by atoms with Crippen LogP contribution >= 0.6 is 0 Å². The van der Waals surface area contributed by atoms with E-state index in [4.69, 9.17) is 0 Å². The average Bonchev–Trinajstić information content (AvgIpc) is 2.46. The summed E-state index contributed by atoms with van der Waals surface area (Å²) in [6.45, 7) is 7.61. The largest absolute Gasteiger partial charge is 0.370 e. The molecule has 1 N–H and O–H groups in total. The van der Waals surface area contributed by atoms with Gasteiger partial charge in [0.1, 0.15) is 18.0 Å². The van der Waals surface area contributed by atoms with Crippen molar-refractivity contribution in [2.24, 2.45) is 5.92 Å². The Morgan fingerprint density at radius 1 is 1.25 bits per heavy atom. The number of rotatable bonds is 5. The van der Waals surface area contributed by atoms with Gasteiger partial charge in [0.05, 0.1) is 0 Å². The van der Waals surface area contributed by atoms with Gasteiger partial charge in [0.15, 0.2) is 0 Å². The van der Waals surface area contributed by atoms with E-state index in [1.807, 2.05) is 0 Å². The van der Waals surface area contributed by atoms with Gasteiger partial charge in [-0.15, -0.1) is 0 Å². The molecule has 0 amide bonds. The van der Waals surface area contributed by atoms with Crippen molar-refractivity contribution in [1.29, 1.82) is 0 Å². The quantitative estimate of drug-likeness (QED) is 0.891. The summed E-state index contributed by atoms with van der Waals surface area (Å²) in [7, 11) is 2.18. The molecule has 2 rings (SSSR count). The summed E-state index contributed by atoms with van der Waals surface area (Å²) < 4.78 is 0. The van der Waals surface area contributed by atoms with Gasteiger partial charge in [0.2, 0.25) is 0 Å². The Bertz CT molecular complexity index is 424. The smallest absolute Gasteiger partial charge is 0.137 e. The molecule has 1 aliphatic rings. The molecule has 1 aliphatic carbocycles. The zero-order valence-electron chi connectivity index (χ0n) is 13.3. The first-order chi connectivity index (χ1) is 9.63. The Balaban J connectivity index is 2.11. The highest BCUT2D eigenvalue weighted by Crippen LogP contribution is 2.30. The highest BCUT2D eigenvalue weighted by molar-refractivity contribution is 5.58. The SMILES string of the molecule is CCCNc1ncnc(N(C)C2CCC(C)CC2)c1C. The van der Waals surface area contributed by atoms with Crippen LogP contribution in [-0.4, -0.2) is 29.6 Å². The van der Waals surface area contributed by atoms with E-state index in [2.05, 4.69) is 48.0 Å². The molecule has 0 saturated heterocycles. The number of nitrogens with one attached hydrogen (secondary N) is 1. The monoisotopic (exact) mass is 276 g/mol. The molecule has 0 aliphatic heterocycles. The Hall–Kier alpha value is -1.32. The van der Waals surface area contributed by atoms with Gasteiger partial charge < -0.3 is 10.2 Å². The van der Waals surface area contributed by atoms with E-state index in [9.17, 15) is 0 Å². The van der Waals surface area contributed by atoms with Crippen molar-refractivity contribution in [2.45, 2.75) is 58.9 Å². The minimum Gasteiger partial charge on any atom is -0.370 e. The summed E-state index contributed by atoms with van der Waals surface area (Å²) in [5, 5.41) is 3.39. The Kier molecular flexibility index (Phi) is 5.21. The van der Waals surface area contributed by atoms with Gasteiger partial charge in [0, 0.05) is 25.2 Å². The van der Waals surface area contributed by atoms with E-state index >= 15 is 0 Å². The predicted octanol–water partition coefficient (Wildman–Crippen LogP) is 3.62. The topological polar surface area (TPSA) is 41.1 Å². The van der Waals surface area contributed by atoms with Crippen molar-refractivity contribution in [1.82, 2.24) is 9.97 Å². The first kappa shape index (κ1) is 15.1. The number of anilines is 2. The van der Waals surface area contributed by atoms with Gasteiger partial charge in [-0.1, -0.05) is 13.8 Å². The van der Waals surface area contributed by atoms with Gasteiger partial charge in [-0.25, -0.2) is 9.97 Å². The maximum atomic E-state index is 4.52. The van der Waals surface area contributed by atoms with Crippen LogP contribution < -0.4 is 10.2 Å². The third-order valence-corrected chi connectivity index (χ3v) is 4.47. The third-order valence-electron chi connectivity index (χ3n) is 4.47. The summed E-state index contributed by atoms with van der Waals surface area (Å²) >= 11 is 0. The summed E-state index contributed by atoms with van der Waals surface area (Å²) in [5.41, 5.74) is 1.17. The highest BCUT2D eigenvalue weighted by atomic mass is 15.2. The van der Waals surface area contributed by atoms with Crippen LogP contribution in [0.3, 0.4) is 0 Å². The molecule has 0 spiro atoms. The molecule has 1 aromatic heterocycles. The standard InChI is InChI=1S/C16H28N4/c1-5-10-17-15-13(3)16(19-11-18-15)20(4)14-8-6-12(2)7-9-14/h11-12,14H,5-10H2,1-4H3,(H,17,18,19). The van der Waals surface area contributed by atoms with Crippen LogP contribution in [-0.2, 0) is 0 Å². The fourth-order valence-corrected chi connectivity index (χ4v) is 3.02. The lowest BCUT2D eigenvalue weighted by molar-refractivity contribution is 0.339. The van der Waals surface area contributed by atoms with E-state index in [0.29, 0.717) is 6.04 Å². The van der Waals surface area contributed by atoms with Crippen LogP contribution in [0.1, 0.15) is 51.5 Å². The number of hydrogen-bond acceptors (Lipinski definition) is 4. The Labute approximate surface area is 123 Å². The van der Waals surface area contributed by atoms with Crippen molar-refractivity contribution < 1.29 is 0 Å². The summed E-state index contributed by atoms with van der Waals surface area (Å²) in [4.78, 5) is 11.2. The Morgan fingerprint density at radius 2 is 1.95 bits per heavy atom. The van der Waals surface area contributed by atoms with E-state index in [0.717, 1.165) is 30.5 Å². The van der Waals surface area contributed by atoms with Gasteiger partial charge in [-0.3, -0.25) is 0 Å². The van der Waals surface area contributed by atoms with Crippen LogP contribution in [0.2, 0.25) is 0 Å². The maximum absolute atomic E-state index is 4.52. The predicted molar refractivity (Wildman–Crippen MR) is 85.4 cm³/mol. The fourth-order valence-electron chi connectivity index (χ4n) is 3.02. The van der Waals surface area contributed by atoms with Crippen molar-refractivity contribution >= 4 is 11.6 Å². The van der Waals surface area contributed by atoms with E-state index in [-0.39, 0.29) is 0 Å². The van der Waals surface area contributed by atoms with E-state index < -0.39 is 0 Å². The molecule has 1 saturated carbocycles. The van der Waals surface area contributed by atoms with Crippen LogP contribution in [0, 0.1) is 12.8 Å². The van der Waals surface area contributed by atoms with E-state index in [1.54, 1.807) is 6.33 Å². The van der Waals surface area contributed by atoms with Crippen LogP contribution in [0.25, 0.3) is 0 Å². The summed E-state index contributed by atoms with van der Waals surface area (Å²) in [5.74, 6) is 2.94. The van der Waals surface area contributed by atoms with Crippen molar-refractivity contribution in [2.75, 3.05) is 23.8 Å². The lowest BCUT2D eigenvalue weighted by atomic mass is 9.86. The average molecular weight is 276 g/mol. The van der Waals surface area contributed by atoms with Crippen LogP contribution in [0.15, 0.2) is 6.33 Å². The van der Waals surface area contributed by atoms with Gasteiger partial charge in [0.25, 0.3) is 0 Å². The summed E-state index contributed by atoms with van der Waals surface area (Å²) in [6, 6.07) is 0.624. The maximum Gasteiger partial charge on any atom is 0.137 e. The second-order valence-corrected chi connectivity index (χ2v) is 6.12. The van der Waals surface area contributed by atoms with Gasteiger partial charge in [-0.2, -0.15) is 0 Å². The molecule has 0 bridgehead atoms. The first-order valence-corrected chi connectivity index (χ1v) is 7.91. The molecule has 0 radical (unpaired) electrons. The second kappa shape index (κ2) is 6.91. The van der Waals surface area contributed by atoms with Gasteiger partial charge >= 0.3 is 0 Å². The Morgan fingerprint density at radius 3 is 2.60 bits per heavy atom. The summed E-state index contributed by atoms with van der Waals surface area (Å²) in [6.07, 6.45) is 8.01. The number of nitrogens with zero attached hydrogens (tertiary/aromatic N) is 3. The first-order valence-electron chi connectivity index (χ1n) is 7.91. The molecular weight excluding hydrogens is 248 g/mol. The van der Waals surface area contributed by atoms with Crippen molar-refractivity contribution in [3.8, 4) is 0 Å². The molecule has 0 aromatic carbocycles. The highest BCUT2D eigenvalue weighted by Gasteiger charge is 2.24.